The fraction of sp³-hybridized carbons (Fsp3) is 0.706. The first kappa shape index (κ1) is 33.3. The van der Waals surface area contributed by atoms with Crippen molar-refractivity contribution in [2.24, 2.45) is 11.3 Å². The molecule has 2 atom stereocenters. The largest absolute Gasteiger partial charge is 0.341 e. The number of nitrogens with zero attached hydrogens (tertiary/aromatic N) is 5. The second-order valence-corrected chi connectivity index (χ2v) is 14.5. The number of hydrogen-bond acceptors (Lipinski definition) is 6. The summed E-state index contributed by atoms with van der Waals surface area (Å²) >= 11 is 6.16. The van der Waals surface area contributed by atoms with Crippen molar-refractivity contribution in [3.05, 3.63) is 47.5 Å². The molecule has 4 heterocycles. The van der Waals surface area contributed by atoms with E-state index in [9.17, 15) is 18.4 Å². The van der Waals surface area contributed by atoms with Crippen molar-refractivity contribution >= 4 is 23.4 Å². The standard InChI is InChI=1S/C34H48ClF2N7O2/c35-27-8-6-25(7-9-27)20-29(41-28-10-16-42(17-11-28)32(46)30-21-34(36,37)12-15-39-30)31(45)43-18-13-33(14-19-43,22-44-24-38-23-40-44)26-4-2-1-3-5-26/h6-9,23-24,26,28-30,39,41H,1-5,10-22H2/t29-,30+/m1/s1. The van der Waals surface area contributed by atoms with Gasteiger partial charge < -0.3 is 20.4 Å². The Morgan fingerprint density at radius 1 is 0.978 bits per heavy atom. The van der Waals surface area contributed by atoms with Crippen molar-refractivity contribution in [2.45, 2.75) is 108 Å². The Hall–Kier alpha value is -2.63. The topological polar surface area (TPSA) is 95.4 Å². The zero-order valence-corrected chi connectivity index (χ0v) is 27.4. The summed E-state index contributed by atoms with van der Waals surface area (Å²) in [5.74, 6) is -2.30. The molecule has 9 nitrogen and oxygen atoms in total. The van der Waals surface area contributed by atoms with Crippen molar-refractivity contribution in [1.29, 1.82) is 0 Å². The van der Waals surface area contributed by atoms with Crippen LogP contribution in [0.1, 0.15) is 76.2 Å². The van der Waals surface area contributed by atoms with Gasteiger partial charge in [-0.3, -0.25) is 14.3 Å². The Kier molecular flexibility index (Phi) is 10.6. The predicted octanol–water partition coefficient (Wildman–Crippen LogP) is 4.70. The Labute approximate surface area is 275 Å². The van der Waals surface area contributed by atoms with Gasteiger partial charge in [0.15, 0.2) is 0 Å². The third-order valence-corrected chi connectivity index (χ3v) is 11.3. The van der Waals surface area contributed by atoms with Crippen LogP contribution in [0, 0.1) is 11.3 Å². The monoisotopic (exact) mass is 659 g/mol. The number of amides is 2. The number of piperidine rings is 3. The lowest BCUT2D eigenvalue weighted by molar-refractivity contribution is -0.140. The molecule has 2 aromatic rings. The van der Waals surface area contributed by atoms with E-state index in [4.69, 9.17) is 11.6 Å². The number of alkyl halides is 2. The SMILES string of the molecule is O=C([C@@H]1CC(F)(F)CCN1)N1CCC(N[C@H](Cc2ccc(Cl)cc2)C(=O)N2CCC(Cn3cncn3)(C3CCCCC3)CC2)CC1. The third kappa shape index (κ3) is 8.08. The van der Waals surface area contributed by atoms with Crippen LogP contribution >= 0.6 is 11.6 Å². The van der Waals surface area contributed by atoms with Gasteiger partial charge in [-0.1, -0.05) is 43.0 Å². The van der Waals surface area contributed by atoms with Crippen LogP contribution in [-0.2, 0) is 22.6 Å². The number of aromatic nitrogens is 3. The summed E-state index contributed by atoms with van der Waals surface area (Å²) < 4.78 is 29.9. The second-order valence-electron chi connectivity index (χ2n) is 14.1. The lowest BCUT2D eigenvalue weighted by atomic mass is 9.63. The van der Waals surface area contributed by atoms with Gasteiger partial charge in [-0.25, -0.2) is 13.8 Å². The third-order valence-electron chi connectivity index (χ3n) is 11.1. The van der Waals surface area contributed by atoms with Gasteiger partial charge in [0.2, 0.25) is 11.8 Å². The van der Waals surface area contributed by atoms with Crippen LogP contribution in [0.3, 0.4) is 0 Å². The summed E-state index contributed by atoms with van der Waals surface area (Å²) in [6.45, 7) is 3.39. The molecule has 12 heteroatoms. The number of likely N-dealkylation sites (tertiary alicyclic amines) is 2. The van der Waals surface area contributed by atoms with E-state index in [0.29, 0.717) is 43.3 Å². The molecule has 6 rings (SSSR count). The highest BCUT2D eigenvalue weighted by atomic mass is 35.5. The summed E-state index contributed by atoms with van der Waals surface area (Å²) in [7, 11) is 0. The zero-order chi connectivity index (χ0) is 32.1. The van der Waals surface area contributed by atoms with Crippen molar-refractivity contribution in [2.75, 3.05) is 32.7 Å². The number of rotatable bonds is 9. The smallest absolute Gasteiger partial charge is 0.251 e. The summed E-state index contributed by atoms with van der Waals surface area (Å²) in [5, 5.41) is 11.8. The van der Waals surface area contributed by atoms with Crippen LogP contribution in [0.2, 0.25) is 5.02 Å². The van der Waals surface area contributed by atoms with Gasteiger partial charge in [-0.15, -0.1) is 0 Å². The molecule has 1 aromatic carbocycles. The number of nitrogens with one attached hydrogen (secondary N) is 2. The molecular formula is C34H48ClF2N7O2. The van der Waals surface area contributed by atoms with E-state index in [2.05, 4.69) is 20.7 Å². The van der Waals surface area contributed by atoms with Crippen LogP contribution in [-0.4, -0.2) is 93.2 Å². The molecule has 3 saturated heterocycles. The van der Waals surface area contributed by atoms with Crippen LogP contribution in [0.15, 0.2) is 36.9 Å². The Bertz CT molecular complexity index is 1290. The first-order chi connectivity index (χ1) is 22.2. The highest BCUT2D eigenvalue weighted by Gasteiger charge is 2.44. The summed E-state index contributed by atoms with van der Waals surface area (Å²) in [5.41, 5.74) is 1.15. The number of carbonyl (C=O) groups is 2. The number of carbonyl (C=O) groups excluding carboxylic acids is 2. The lowest BCUT2D eigenvalue weighted by Gasteiger charge is -2.48. The Balaban J connectivity index is 1.10. The van der Waals surface area contributed by atoms with Crippen LogP contribution in [0.5, 0.6) is 0 Å². The van der Waals surface area contributed by atoms with Crippen molar-refractivity contribution in [3.63, 3.8) is 0 Å². The van der Waals surface area contributed by atoms with Gasteiger partial charge in [0.05, 0.1) is 12.1 Å². The van der Waals surface area contributed by atoms with E-state index >= 15 is 0 Å². The Morgan fingerprint density at radius 3 is 2.35 bits per heavy atom. The molecule has 1 aromatic heterocycles. The first-order valence-electron chi connectivity index (χ1n) is 17.2. The van der Waals surface area contributed by atoms with Crippen molar-refractivity contribution in [1.82, 2.24) is 35.2 Å². The average molecular weight is 660 g/mol. The molecule has 3 aliphatic heterocycles. The van der Waals surface area contributed by atoms with E-state index in [1.807, 2.05) is 40.2 Å². The van der Waals surface area contributed by atoms with Gasteiger partial charge in [-0.05, 0) is 74.0 Å². The minimum atomic E-state index is -2.80. The average Bonchev–Trinajstić information content (AvgIpc) is 3.58. The summed E-state index contributed by atoms with van der Waals surface area (Å²) in [6, 6.07) is 6.46. The highest BCUT2D eigenvalue weighted by Crippen LogP contribution is 2.47. The van der Waals surface area contributed by atoms with E-state index in [0.717, 1.165) is 38.0 Å². The fourth-order valence-corrected chi connectivity index (χ4v) is 8.49. The molecule has 0 radical (unpaired) electrons. The molecule has 4 fully saturated rings. The predicted molar refractivity (Wildman–Crippen MR) is 172 cm³/mol. The molecule has 252 valence electrons. The van der Waals surface area contributed by atoms with E-state index in [-0.39, 0.29) is 36.2 Å². The molecule has 2 amide bonds. The Morgan fingerprint density at radius 2 is 1.70 bits per heavy atom. The molecular weight excluding hydrogens is 612 g/mol. The molecule has 0 bridgehead atoms. The lowest BCUT2D eigenvalue weighted by Crippen LogP contribution is -2.58. The normalized spacial score (nSPS) is 24.9. The van der Waals surface area contributed by atoms with Crippen LogP contribution < -0.4 is 10.6 Å². The van der Waals surface area contributed by atoms with Gasteiger partial charge in [-0.2, -0.15) is 5.10 Å². The maximum Gasteiger partial charge on any atom is 0.251 e. The van der Waals surface area contributed by atoms with Crippen LogP contribution in [0.4, 0.5) is 8.78 Å². The maximum absolute atomic E-state index is 14.3. The number of halogens is 3. The second kappa shape index (κ2) is 14.6. The number of benzene rings is 1. The molecule has 4 aliphatic rings. The molecule has 1 saturated carbocycles. The summed E-state index contributed by atoms with van der Waals surface area (Å²) in [4.78, 5) is 35.2. The van der Waals surface area contributed by atoms with Crippen molar-refractivity contribution in [3.8, 4) is 0 Å². The van der Waals surface area contributed by atoms with Gasteiger partial charge in [0, 0.05) is 63.2 Å². The zero-order valence-electron chi connectivity index (χ0n) is 26.7. The minimum Gasteiger partial charge on any atom is -0.341 e. The molecule has 0 unspecified atom stereocenters. The van der Waals surface area contributed by atoms with Gasteiger partial charge in [0.25, 0.3) is 5.92 Å². The molecule has 46 heavy (non-hydrogen) atoms. The van der Waals surface area contributed by atoms with E-state index in [1.54, 1.807) is 11.2 Å². The summed E-state index contributed by atoms with van der Waals surface area (Å²) in [6.07, 6.45) is 12.8. The van der Waals surface area contributed by atoms with Crippen molar-refractivity contribution < 1.29 is 18.4 Å². The first-order valence-corrected chi connectivity index (χ1v) is 17.6. The highest BCUT2D eigenvalue weighted by molar-refractivity contribution is 6.30. The quantitative estimate of drug-likeness (QED) is 0.406. The molecule has 2 N–H and O–H groups in total. The minimum absolute atomic E-state index is 0.0458. The van der Waals surface area contributed by atoms with E-state index in [1.165, 1.54) is 32.1 Å². The molecule has 1 aliphatic carbocycles. The van der Waals surface area contributed by atoms with Gasteiger partial charge in [0.1, 0.15) is 12.7 Å². The maximum atomic E-state index is 14.3. The van der Waals surface area contributed by atoms with E-state index < -0.39 is 24.4 Å². The molecule has 0 spiro atoms. The fourth-order valence-electron chi connectivity index (χ4n) is 8.36. The van der Waals surface area contributed by atoms with Crippen LogP contribution in [0.25, 0.3) is 0 Å². The van der Waals surface area contributed by atoms with Gasteiger partial charge >= 0.3 is 0 Å². The number of hydrogen-bond donors (Lipinski definition) is 2.